The minimum atomic E-state index is -0.314. The van der Waals surface area contributed by atoms with Gasteiger partial charge in [0.2, 0.25) is 0 Å². The van der Waals surface area contributed by atoms with E-state index in [2.05, 4.69) is 20.9 Å². The maximum absolute atomic E-state index is 13.3. The quantitative estimate of drug-likeness (QED) is 0.879. The Bertz CT molecular complexity index is 597. The zero-order valence-electron chi connectivity index (χ0n) is 9.61. The van der Waals surface area contributed by atoms with Gasteiger partial charge in [-0.3, -0.25) is 0 Å². The summed E-state index contributed by atoms with van der Waals surface area (Å²) < 4.78 is 16.0. The molecule has 1 N–H and O–H groups in total. The topological polar surface area (TPSA) is 38.0 Å². The van der Waals surface area contributed by atoms with Crippen LogP contribution in [-0.2, 0) is 13.0 Å². The summed E-state index contributed by atoms with van der Waals surface area (Å²) in [5, 5.41) is 9.68. The molecule has 1 unspecified atom stereocenters. The predicted octanol–water partition coefficient (Wildman–Crippen LogP) is 2.76. The van der Waals surface area contributed by atoms with Crippen molar-refractivity contribution in [3.63, 3.8) is 0 Å². The maximum Gasteiger partial charge on any atom is 0.141 e. The summed E-state index contributed by atoms with van der Waals surface area (Å²) in [7, 11) is 0. The van der Waals surface area contributed by atoms with E-state index in [9.17, 15) is 9.50 Å². The number of aliphatic hydroxyl groups is 1. The molecule has 0 bridgehead atoms. The average molecular weight is 311 g/mol. The molecule has 5 heteroatoms. The van der Waals surface area contributed by atoms with E-state index in [4.69, 9.17) is 0 Å². The first-order valence-corrected chi connectivity index (χ1v) is 6.63. The highest BCUT2D eigenvalue weighted by atomic mass is 79.9. The van der Waals surface area contributed by atoms with Crippen molar-refractivity contribution in [1.82, 2.24) is 9.55 Å². The predicted molar refractivity (Wildman–Crippen MR) is 69.6 cm³/mol. The molecule has 3 nitrogen and oxygen atoms in total. The molecule has 0 aliphatic carbocycles. The van der Waals surface area contributed by atoms with Crippen LogP contribution in [0.3, 0.4) is 0 Å². The molecule has 0 spiro atoms. The lowest BCUT2D eigenvalue weighted by atomic mass is 10.1. The Morgan fingerprint density at radius 1 is 1.44 bits per heavy atom. The van der Waals surface area contributed by atoms with Gasteiger partial charge in [-0.25, -0.2) is 9.37 Å². The first kappa shape index (κ1) is 11.9. The SMILES string of the molecule is OC1CCn2c(-c3cccc(F)c3)nc(Br)c2C1. The third-order valence-corrected chi connectivity index (χ3v) is 3.86. The van der Waals surface area contributed by atoms with Gasteiger partial charge in [0.15, 0.2) is 0 Å². The monoisotopic (exact) mass is 310 g/mol. The third-order valence-electron chi connectivity index (χ3n) is 3.22. The number of halogens is 2. The van der Waals surface area contributed by atoms with Crippen molar-refractivity contribution in [2.24, 2.45) is 0 Å². The van der Waals surface area contributed by atoms with Crippen LogP contribution in [0.4, 0.5) is 4.39 Å². The van der Waals surface area contributed by atoms with Crippen molar-refractivity contribution in [3.8, 4) is 11.4 Å². The fourth-order valence-corrected chi connectivity index (χ4v) is 2.89. The molecule has 94 valence electrons. The van der Waals surface area contributed by atoms with E-state index >= 15 is 0 Å². The van der Waals surface area contributed by atoms with Crippen LogP contribution in [0.25, 0.3) is 11.4 Å². The Morgan fingerprint density at radius 3 is 3.06 bits per heavy atom. The standard InChI is InChI=1S/C13H12BrFN2O/c14-12-11-7-10(18)4-5-17(11)13(16-12)8-2-1-3-9(15)6-8/h1-3,6,10,18H,4-5,7H2. The van der Waals surface area contributed by atoms with Gasteiger partial charge in [-0.15, -0.1) is 0 Å². The number of aliphatic hydroxyl groups excluding tert-OH is 1. The van der Waals surface area contributed by atoms with Crippen LogP contribution in [0, 0.1) is 5.82 Å². The highest BCUT2D eigenvalue weighted by Gasteiger charge is 2.23. The van der Waals surface area contributed by atoms with Gasteiger partial charge < -0.3 is 9.67 Å². The summed E-state index contributed by atoms with van der Waals surface area (Å²) in [6.45, 7) is 0.709. The molecular weight excluding hydrogens is 299 g/mol. The van der Waals surface area contributed by atoms with Gasteiger partial charge in [0.25, 0.3) is 0 Å². The van der Waals surface area contributed by atoms with Crippen LogP contribution in [0.5, 0.6) is 0 Å². The second-order valence-corrected chi connectivity index (χ2v) is 5.23. The Hall–Kier alpha value is -1.20. The number of aromatic nitrogens is 2. The van der Waals surface area contributed by atoms with Crippen molar-refractivity contribution < 1.29 is 9.50 Å². The molecular formula is C13H12BrFN2O. The highest BCUT2D eigenvalue weighted by molar-refractivity contribution is 9.10. The first-order valence-electron chi connectivity index (χ1n) is 5.84. The number of hydrogen-bond donors (Lipinski definition) is 1. The van der Waals surface area contributed by atoms with Gasteiger partial charge in [-0.2, -0.15) is 0 Å². The number of nitrogens with zero attached hydrogens (tertiary/aromatic N) is 2. The lowest BCUT2D eigenvalue weighted by Crippen LogP contribution is -2.23. The van der Waals surface area contributed by atoms with Crippen LogP contribution in [0.2, 0.25) is 0 Å². The van der Waals surface area contributed by atoms with E-state index in [1.54, 1.807) is 6.07 Å². The number of benzene rings is 1. The van der Waals surface area contributed by atoms with Crippen molar-refractivity contribution in [3.05, 3.63) is 40.4 Å². The number of hydrogen-bond acceptors (Lipinski definition) is 2. The Balaban J connectivity index is 2.11. The van der Waals surface area contributed by atoms with E-state index in [-0.39, 0.29) is 11.9 Å². The van der Waals surface area contributed by atoms with Crippen LogP contribution >= 0.6 is 15.9 Å². The number of imidazole rings is 1. The molecule has 1 aromatic carbocycles. The van der Waals surface area contributed by atoms with Crippen LogP contribution in [0.15, 0.2) is 28.9 Å². The summed E-state index contributed by atoms with van der Waals surface area (Å²) in [6, 6.07) is 6.42. The lowest BCUT2D eigenvalue weighted by Gasteiger charge is -2.21. The van der Waals surface area contributed by atoms with E-state index in [1.165, 1.54) is 12.1 Å². The minimum absolute atomic E-state index is 0.267. The van der Waals surface area contributed by atoms with E-state index < -0.39 is 0 Å². The van der Waals surface area contributed by atoms with Gasteiger partial charge in [-0.1, -0.05) is 12.1 Å². The molecule has 18 heavy (non-hydrogen) atoms. The molecule has 3 rings (SSSR count). The molecule has 0 saturated heterocycles. The molecule has 2 heterocycles. The molecule has 2 aromatic rings. The molecule has 0 radical (unpaired) electrons. The van der Waals surface area contributed by atoms with Crippen molar-refractivity contribution in [2.45, 2.75) is 25.5 Å². The Morgan fingerprint density at radius 2 is 2.28 bits per heavy atom. The van der Waals surface area contributed by atoms with Gasteiger partial charge in [0.1, 0.15) is 16.2 Å². The summed E-state index contributed by atoms with van der Waals surface area (Å²) in [5.74, 6) is 0.486. The van der Waals surface area contributed by atoms with E-state index in [0.29, 0.717) is 19.4 Å². The van der Waals surface area contributed by atoms with Crippen molar-refractivity contribution in [1.29, 1.82) is 0 Å². The summed E-state index contributed by atoms with van der Waals surface area (Å²) in [6.07, 6.45) is 0.979. The zero-order valence-corrected chi connectivity index (χ0v) is 11.2. The largest absolute Gasteiger partial charge is 0.393 e. The van der Waals surface area contributed by atoms with Gasteiger partial charge >= 0.3 is 0 Å². The zero-order chi connectivity index (χ0) is 12.7. The number of fused-ring (bicyclic) bond motifs is 1. The van der Waals surface area contributed by atoms with Crippen molar-refractivity contribution >= 4 is 15.9 Å². The Kier molecular flexibility index (Phi) is 2.95. The summed E-state index contributed by atoms with van der Waals surface area (Å²) in [5.41, 5.74) is 1.74. The fourth-order valence-electron chi connectivity index (χ4n) is 2.34. The summed E-state index contributed by atoms with van der Waals surface area (Å²) >= 11 is 3.41. The summed E-state index contributed by atoms with van der Waals surface area (Å²) in [4.78, 5) is 4.44. The first-order chi connectivity index (χ1) is 8.65. The van der Waals surface area contributed by atoms with Crippen LogP contribution in [-0.4, -0.2) is 20.8 Å². The van der Waals surface area contributed by atoms with Gasteiger partial charge in [0.05, 0.1) is 11.8 Å². The molecule has 1 atom stereocenters. The average Bonchev–Trinajstić information content (AvgIpc) is 2.67. The highest BCUT2D eigenvalue weighted by Crippen LogP contribution is 2.30. The van der Waals surface area contributed by atoms with Crippen LogP contribution < -0.4 is 0 Å². The van der Waals surface area contributed by atoms with Crippen LogP contribution in [0.1, 0.15) is 12.1 Å². The second-order valence-electron chi connectivity index (χ2n) is 4.48. The van der Waals surface area contributed by atoms with Gasteiger partial charge in [0, 0.05) is 18.5 Å². The second kappa shape index (κ2) is 4.48. The maximum atomic E-state index is 13.3. The minimum Gasteiger partial charge on any atom is -0.393 e. The molecule has 0 saturated carbocycles. The van der Waals surface area contributed by atoms with Crippen molar-refractivity contribution in [2.75, 3.05) is 0 Å². The smallest absolute Gasteiger partial charge is 0.141 e. The third kappa shape index (κ3) is 1.97. The molecule has 1 aliphatic rings. The Labute approximate surface area is 112 Å². The molecule has 1 aromatic heterocycles. The molecule has 1 aliphatic heterocycles. The molecule has 0 fully saturated rings. The fraction of sp³-hybridized carbons (Fsp3) is 0.308. The van der Waals surface area contributed by atoms with E-state index in [1.807, 2.05) is 10.6 Å². The molecule has 0 amide bonds. The van der Waals surface area contributed by atoms with Gasteiger partial charge in [-0.05, 0) is 34.5 Å². The normalized spacial score (nSPS) is 18.7. The van der Waals surface area contributed by atoms with E-state index in [0.717, 1.165) is 21.7 Å². The number of rotatable bonds is 1. The lowest BCUT2D eigenvalue weighted by molar-refractivity contribution is 0.143.